The number of nitrogens with one attached hydrogen (secondary N) is 2. The van der Waals surface area contributed by atoms with Crippen LogP contribution >= 0.6 is 0 Å². The molecule has 3 heterocycles. The van der Waals surface area contributed by atoms with Gasteiger partial charge in [0.05, 0.1) is 25.0 Å². The van der Waals surface area contributed by atoms with E-state index in [1.807, 2.05) is 18.9 Å². The summed E-state index contributed by atoms with van der Waals surface area (Å²) >= 11 is 0. The zero-order valence-corrected chi connectivity index (χ0v) is 16.7. The van der Waals surface area contributed by atoms with Gasteiger partial charge >= 0.3 is 0 Å². The first-order valence-electron chi connectivity index (χ1n) is 9.65. The summed E-state index contributed by atoms with van der Waals surface area (Å²) in [6.07, 6.45) is 3.51. The molecule has 0 radical (unpaired) electrons. The molecule has 0 spiro atoms. The van der Waals surface area contributed by atoms with Crippen molar-refractivity contribution in [2.75, 3.05) is 35.7 Å². The summed E-state index contributed by atoms with van der Waals surface area (Å²) in [5.74, 6) is 2.32. The SMILES string of the molecule is CC(=O)c1ccc(OC[C@H]2C[C@@H](Nc3nc(C)c4c(n3)N(C)CC(=O)N4)C2)cn1. The summed E-state index contributed by atoms with van der Waals surface area (Å²) in [5, 5.41) is 6.22. The summed E-state index contributed by atoms with van der Waals surface area (Å²) < 4.78 is 5.78. The van der Waals surface area contributed by atoms with Gasteiger partial charge in [0.25, 0.3) is 0 Å². The molecule has 1 aliphatic heterocycles. The van der Waals surface area contributed by atoms with E-state index in [9.17, 15) is 9.59 Å². The third-order valence-electron chi connectivity index (χ3n) is 5.23. The summed E-state index contributed by atoms with van der Waals surface area (Å²) in [7, 11) is 1.85. The Hall–Kier alpha value is -3.23. The molecular formula is C20H24N6O3. The van der Waals surface area contributed by atoms with Crippen LogP contribution in [0.5, 0.6) is 5.75 Å². The molecule has 1 saturated carbocycles. The molecular weight excluding hydrogens is 372 g/mol. The van der Waals surface area contributed by atoms with Gasteiger partial charge in [0.1, 0.15) is 17.1 Å². The number of pyridine rings is 1. The van der Waals surface area contributed by atoms with Crippen LogP contribution in [0.15, 0.2) is 18.3 Å². The van der Waals surface area contributed by atoms with Gasteiger partial charge < -0.3 is 20.3 Å². The first kappa shape index (κ1) is 19.1. The minimum absolute atomic E-state index is 0.0552. The zero-order chi connectivity index (χ0) is 20.5. The van der Waals surface area contributed by atoms with E-state index in [2.05, 4.69) is 25.6 Å². The maximum atomic E-state index is 11.7. The van der Waals surface area contributed by atoms with E-state index < -0.39 is 0 Å². The largest absolute Gasteiger partial charge is 0.492 e. The number of carbonyl (C=O) groups is 2. The Morgan fingerprint density at radius 1 is 1.34 bits per heavy atom. The molecule has 0 bridgehead atoms. The monoisotopic (exact) mass is 396 g/mol. The first-order valence-corrected chi connectivity index (χ1v) is 9.65. The second kappa shape index (κ2) is 7.65. The summed E-state index contributed by atoms with van der Waals surface area (Å²) in [4.78, 5) is 37.9. The molecule has 1 amide bonds. The number of anilines is 3. The summed E-state index contributed by atoms with van der Waals surface area (Å²) in [6.45, 7) is 4.26. The van der Waals surface area contributed by atoms with Crippen LogP contribution in [0, 0.1) is 12.8 Å². The van der Waals surface area contributed by atoms with Crippen molar-refractivity contribution in [1.29, 1.82) is 0 Å². The highest BCUT2D eigenvalue weighted by Gasteiger charge is 2.31. The lowest BCUT2D eigenvalue weighted by Gasteiger charge is -2.36. The molecule has 0 aromatic carbocycles. The average molecular weight is 396 g/mol. The van der Waals surface area contributed by atoms with Gasteiger partial charge in [-0.2, -0.15) is 4.98 Å². The van der Waals surface area contributed by atoms with Crippen LogP contribution in [0.4, 0.5) is 17.5 Å². The van der Waals surface area contributed by atoms with Crippen molar-refractivity contribution >= 4 is 29.1 Å². The predicted molar refractivity (Wildman–Crippen MR) is 109 cm³/mol. The number of ether oxygens (including phenoxy) is 1. The van der Waals surface area contributed by atoms with Crippen LogP contribution in [-0.4, -0.2) is 52.9 Å². The second-order valence-electron chi connectivity index (χ2n) is 7.66. The number of likely N-dealkylation sites (N-methyl/N-ethyl adjacent to an activating group) is 1. The zero-order valence-electron chi connectivity index (χ0n) is 16.7. The van der Waals surface area contributed by atoms with Crippen LogP contribution in [0.25, 0.3) is 0 Å². The Labute approximate surface area is 168 Å². The maximum absolute atomic E-state index is 11.7. The van der Waals surface area contributed by atoms with E-state index in [1.54, 1.807) is 18.3 Å². The van der Waals surface area contributed by atoms with Gasteiger partial charge in [-0.1, -0.05) is 0 Å². The molecule has 2 N–H and O–H groups in total. The van der Waals surface area contributed by atoms with Gasteiger partial charge in [0, 0.05) is 20.0 Å². The van der Waals surface area contributed by atoms with Crippen LogP contribution in [-0.2, 0) is 4.79 Å². The molecule has 0 saturated heterocycles. The Morgan fingerprint density at radius 2 is 2.14 bits per heavy atom. The number of aryl methyl sites for hydroxylation is 1. The average Bonchev–Trinajstić information content (AvgIpc) is 2.64. The van der Waals surface area contributed by atoms with E-state index >= 15 is 0 Å². The topological polar surface area (TPSA) is 109 Å². The Kier molecular flexibility index (Phi) is 5.04. The van der Waals surface area contributed by atoms with E-state index in [-0.39, 0.29) is 18.2 Å². The van der Waals surface area contributed by atoms with Crippen LogP contribution in [0.3, 0.4) is 0 Å². The normalized spacial score (nSPS) is 20.4. The van der Waals surface area contributed by atoms with Crippen molar-refractivity contribution in [3.63, 3.8) is 0 Å². The van der Waals surface area contributed by atoms with E-state index in [0.717, 1.165) is 24.4 Å². The lowest BCUT2D eigenvalue weighted by molar-refractivity contribution is -0.115. The summed E-state index contributed by atoms with van der Waals surface area (Å²) in [5.41, 5.74) is 1.87. The van der Waals surface area contributed by atoms with Crippen molar-refractivity contribution in [2.45, 2.75) is 32.7 Å². The molecule has 2 aromatic rings. The molecule has 29 heavy (non-hydrogen) atoms. The van der Waals surface area contributed by atoms with Crippen LogP contribution in [0.2, 0.25) is 0 Å². The molecule has 9 nitrogen and oxygen atoms in total. The third-order valence-corrected chi connectivity index (χ3v) is 5.23. The number of amides is 1. The molecule has 4 rings (SSSR count). The van der Waals surface area contributed by atoms with Crippen molar-refractivity contribution in [1.82, 2.24) is 15.0 Å². The number of nitrogens with zero attached hydrogens (tertiary/aromatic N) is 4. The highest BCUT2D eigenvalue weighted by Crippen LogP contribution is 2.33. The van der Waals surface area contributed by atoms with Crippen LogP contribution in [0.1, 0.15) is 35.9 Å². The van der Waals surface area contributed by atoms with Crippen molar-refractivity contribution in [3.05, 3.63) is 29.7 Å². The minimum Gasteiger partial charge on any atom is -0.492 e. The fourth-order valence-electron chi connectivity index (χ4n) is 3.57. The third kappa shape index (κ3) is 4.13. The molecule has 0 atom stereocenters. The number of rotatable bonds is 6. The Bertz CT molecular complexity index is 940. The fraction of sp³-hybridized carbons (Fsp3) is 0.450. The molecule has 152 valence electrons. The Morgan fingerprint density at radius 3 is 2.83 bits per heavy atom. The number of ketones is 1. The molecule has 2 aromatic heterocycles. The molecule has 9 heteroatoms. The predicted octanol–water partition coefficient (Wildman–Crippen LogP) is 2.04. The number of carbonyl (C=O) groups excluding carboxylic acids is 2. The van der Waals surface area contributed by atoms with Crippen LogP contribution < -0.4 is 20.3 Å². The van der Waals surface area contributed by atoms with Crippen molar-refractivity contribution < 1.29 is 14.3 Å². The van der Waals surface area contributed by atoms with E-state index in [1.165, 1.54) is 6.92 Å². The number of aromatic nitrogens is 3. The Balaban J connectivity index is 1.29. The first-order chi connectivity index (χ1) is 13.9. The molecule has 1 fully saturated rings. The highest BCUT2D eigenvalue weighted by molar-refractivity contribution is 6.00. The van der Waals surface area contributed by atoms with Gasteiger partial charge in [-0.25, -0.2) is 9.97 Å². The van der Waals surface area contributed by atoms with Gasteiger partial charge in [-0.05, 0) is 37.8 Å². The highest BCUT2D eigenvalue weighted by atomic mass is 16.5. The molecule has 0 unspecified atom stereocenters. The molecule has 2 aliphatic rings. The number of hydrogen-bond acceptors (Lipinski definition) is 8. The quantitative estimate of drug-likeness (QED) is 0.714. The lowest BCUT2D eigenvalue weighted by atomic mass is 9.81. The molecule has 1 aliphatic carbocycles. The van der Waals surface area contributed by atoms with E-state index in [4.69, 9.17) is 4.74 Å². The number of Topliss-reactive ketones (excluding diaryl/α,β-unsaturated/α-hetero) is 1. The lowest BCUT2D eigenvalue weighted by Crippen LogP contribution is -2.40. The summed E-state index contributed by atoms with van der Waals surface area (Å²) in [6, 6.07) is 3.75. The minimum atomic E-state index is -0.0577. The number of hydrogen-bond donors (Lipinski definition) is 2. The van der Waals surface area contributed by atoms with Crippen molar-refractivity contribution in [3.8, 4) is 5.75 Å². The standard InChI is InChI=1S/C20H24N6O3/c1-11-18-19(26(3)9-17(28)24-18)25-20(22-11)23-14-6-13(7-14)10-29-15-4-5-16(12(2)27)21-8-15/h4-5,8,13-14H,6-7,9-10H2,1-3H3,(H,24,28)(H,22,23,25)/t13-,14+. The van der Waals surface area contributed by atoms with Gasteiger partial charge in [-0.15, -0.1) is 0 Å². The van der Waals surface area contributed by atoms with Gasteiger partial charge in [-0.3, -0.25) is 9.59 Å². The van der Waals surface area contributed by atoms with Crippen molar-refractivity contribution in [2.24, 2.45) is 5.92 Å². The smallest absolute Gasteiger partial charge is 0.244 e. The maximum Gasteiger partial charge on any atom is 0.244 e. The number of fused-ring (bicyclic) bond motifs is 1. The fourth-order valence-corrected chi connectivity index (χ4v) is 3.57. The van der Waals surface area contributed by atoms with Gasteiger partial charge in [0.15, 0.2) is 11.6 Å². The second-order valence-corrected chi connectivity index (χ2v) is 7.66. The van der Waals surface area contributed by atoms with E-state index in [0.29, 0.717) is 41.6 Å². The van der Waals surface area contributed by atoms with Gasteiger partial charge in [0.2, 0.25) is 11.9 Å².